The first kappa shape index (κ1) is 9.18. The molecule has 2 N–H and O–H groups in total. The van der Waals surface area contributed by atoms with Gasteiger partial charge in [-0.15, -0.1) is 0 Å². The summed E-state index contributed by atoms with van der Waals surface area (Å²) < 4.78 is 0. The highest BCUT2D eigenvalue weighted by Crippen LogP contribution is 2.18. The normalized spacial score (nSPS) is 18.8. The van der Waals surface area contributed by atoms with Gasteiger partial charge in [0, 0.05) is 0 Å². The van der Waals surface area contributed by atoms with Gasteiger partial charge in [0.1, 0.15) is 5.69 Å². The first-order chi connectivity index (χ1) is 7.75. The molecule has 1 aromatic carbocycles. The van der Waals surface area contributed by atoms with E-state index in [9.17, 15) is 4.79 Å². The molecular formula is C12H9N3O. The molecule has 16 heavy (non-hydrogen) atoms. The Morgan fingerprint density at radius 1 is 1.12 bits per heavy atom. The second kappa shape index (κ2) is 3.21. The van der Waals surface area contributed by atoms with Crippen molar-refractivity contribution in [3.8, 4) is 0 Å². The van der Waals surface area contributed by atoms with E-state index in [1.54, 1.807) is 12.2 Å². The number of para-hydroxylation sites is 2. The number of hydrogen-bond donors (Lipinski definition) is 1. The first-order valence-electron chi connectivity index (χ1n) is 5.00. The van der Waals surface area contributed by atoms with Gasteiger partial charge in [0.25, 0.3) is 0 Å². The molecule has 0 amide bonds. The Morgan fingerprint density at radius 3 is 2.56 bits per heavy atom. The number of benzene rings is 1. The number of nitrogens with two attached hydrogens (primary N) is 1. The molecule has 0 fully saturated rings. The van der Waals surface area contributed by atoms with Crippen LogP contribution in [0, 0.1) is 0 Å². The number of hydrogen-bond acceptors (Lipinski definition) is 4. The molecule has 1 atom stereocenters. The topological polar surface area (TPSA) is 68.9 Å². The van der Waals surface area contributed by atoms with Crippen LogP contribution in [-0.2, 0) is 0 Å². The van der Waals surface area contributed by atoms with Gasteiger partial charge < -0.3 is 5.73 Å². The molecule has 1 aliphatic carbocycles. The van der Waals surface area contributed by atoms with Crippen molar-refractivity contribution in [3.05, 3.63) is 41.7 Å². The van der Waals surface area contributed by atoms with Gasteiger partial charge in [-0.3, -0.25) is 4.79 Å². The van der Waals surface area contributed by atoms with Gasteiger partial charge in [-0.05, 0) is 18.2 Å². The molecule has 0 saturated carbocycles. The number of carbonyl (C=O) groups excluding carboxylic acids is 1. The summed E-state index contributed by atoms with van der Waals surface area (Å²) in [6.07, 6.45) is 3.40. The second-order valence-electron chi connectivity index (χ2n) is 3.70. The summed E-state index contributed by atoms with van der Waals surface area (Å²) in [6.45, 7) is 0. The summed E-state index contributed by atoms with van der Waals surface area (Å²) >= 11 is 0. The molecular weight excluding hydrogens is 202 g/mol. The van der Waals surface area contributed by atoms with Crippen LogP contribution in [0.3, 0.4) is 0 Å². The van der Waals surface area contributed by atoms with Crippen molar-refractivity contribution in [1.82, 2.24) is 9.97 Å². The predicted molar refractivity (Wildman–Crippen MR) is 60.9 cm³/mol. The summed E-state index contributed by atoms with van der Waals surface area (Å²) in [5, 5.41) is 0. The number of nitrogens with zero attached hydrogens (tertiary/aromatic N) is 2. The predicted octanol–water partition coefficient (Wildman–Crippen LogP) is 1.17. The fourth-order valence-corrected chi connectivity index (χ4v) is 1.75. The average Bonchev–Trinajstić information content (AvgIpc) is 2.32. The van der Waals surface area contributed by atoms with Gasteiger partial charge in [-0.2, -0.15) is 0 Å². The van der Waals surface area contributed by atoms with E-state index in [2.05, 4.69) is 9.97 Å². The Balaban J connectivity index is 2.33. The summed E-state index contributed by atoms with van der Waals surface area (Å²) in [4.78, 5) is 20.5. The Labute approximate surface area is 91.8 Å². The van der Waals surface area contributed by atoms with Gasteiger partial charge in [0.2, 0.25) is 5.78 Å². The number of carbonyl (C=O) groups is 1. The third kappa shape index (κ3) is 1.24. The molecule has 1 aromatic heterocycles. The largest absolute Gasteiger partial charge is 0.318 e. The smallest absolute Gasteiger partial charge is 0.203 e. The summed E-state index contributed by atoms with van der Waals surface area (Å²) in [7, 11) is 0. The lowest BCUT2D eigenvalue weighted by molar-refractivity contribution is 0.0971. The molecule has 0 bridgehead atoms. The third-order valence-electron chi connectivity index (χ3n) is 2.60. The summed E-state index contributed by atoms with van der Waals surface area (Å²) in [6, 6.07) is 6.87. The van der Waals surface area contributed by atoms with Crippen molar-refractivity contribution in [2.75, 3.05) is 0 Å². The van der Waals surface area contributed by atoms with Gasteiger partial charge in [0.05, 0.1) is 22.8 Å². The molecule has 1 heterocycles. The van der Waals surface area contributed by atoms with Crippen molar-refractivity contribution in [3.63, 3.8) is 0 Å². The van der Waals surface area contributed by atoms with Crippen LogP contribution in [-0.4, -0.2) is 21.8 Å². The minimum absolute atomic E-state index is 0.171. The van der Waals surface area contributed by atoms with Crippen molar-refractivity contribution < 1.29 is 4.79 Å². The van der Waals surface area contributed by atoms with E-state index in [1.807, 2.05) is 24.3 Å². The maximum absolute atomic E-state index is 11.8. The number of aromatic nitrogens is 2. The van der Waals surface area contributed by atoms with Crippen LogP contribution in [0.5, 0.6) is 0 Å². The second-order valence-corrected chi connectivity index (χ2v) is 3.70. The lowest BCUT2D eigenvalue weighted by Crippen LogP contribution is -2.32. The quantitative estimate of drug-likeness (QED) is 0.710. The van der Waals surface area contributed by atoms with E-state index < -0.39 is 6.04 Å². The maximum atomic E-state index is 11.8. The van der Waals surface area contributed by atoms with Crippen LogP contribution < -0.4 is 5.73 Å². The lowest BCUT2D eigenvalue weighted by atomic mass is 10.0. The molecule has 0 saturated heterocycles. The van der Waals surface area contributed by atoms with Crippen LogP contribution in [0.15, 0.2) is 30.3 Å². The zero-order valence-corrected chi connectivity index (χ0v) is 8.42. The number of Topliss-reactive ketones (excluding diaryl/α,β-unsaturated/α-hetero) is 1. The molecule has 1 aliphatic rings. The molecule has 0 unspecified atom stereocenters. The molecule has 0 radical (unpaired) electrons. The fraction of sp³-hybridized carbons (Fsp3) is 0.0833. The number of rotatable bonds is 0. The fourth-order valence-electron chi connectivity index (χ4n) is 1.75. The van der Waals surface area contributed by atoms with E-state index in [1.165, 1.54) is 0 Å². The molecule has 4 heteroatoms. The van der Waals surface area contributed by atoms with Gasteiger partial charge in [0.15, 0.2) is 0 Å². The van der Waals surface area contributed by atoms with E-state index >= 15 is 0 Å². The van der Waals surface area contributed by atoms with Crippen molar-refractivity contribution in [2.45, 2.75) is 6.04 Å². The van der Waals surface area contributed by atoms with Gasteiger partial charge >= 0.3 is 0 Å². The molecule has 0 aliphatic heterocycles. The monoisotopic (exact) mass is 211 g/mol. The highest BCUT2D eigenvalue weighted by atomic mass is 16.1. The first-order valence-corrected chi connectivity index (χ1v) is 5.00. The molecule has 78 valence electrons. The molecule has 4 nitrogen and oxygen atoms in total. The third-order valence-corrected chi connectivity index (χ3v) is 2.60. The van der Waals surface area contributed by atoms with Gasteiger partial charge in [-0.25, -0.2) is 9.97 Å². The Morgan fingerprint density at radius 2 is 1.81 bits per heavy atom. The Bertz CT molecular complexity index is 619. The number of ketones is 1. The standard InChI is InChI=1S/C12H9N3O/c13-7-5-6-10-11(12(7)16)15-9-4-2-1-3-8(9)14-10/h1-7H,13H2/t7-/m1/s1. The SMILES string of the molecule is N[C@@H]1C=Cc2nc3ccccc3nc2C1=O. The van der Waals surface area contributed by atoms with Crippen molar-refractivity contribution in [1.29, 1.82) is 0 Å². The van der Waals surface area contributed by atoms with E-state index in [4.69, 9.17) is 5.73 Å². The summed E-state index contributed by atoms with van der Waals surface area (Å²) in [5.41, 5.74) is 8.11. The molecule has 3 rings (SSSR count). The van der Waals surface area contributed by atoms with E-state index in [-0.39, 0.29) is 5.78 Å². The molecule has 2 aromatic rings. The zero-order valence-electron chi connectivity index (χ0n) is 8.42. The Kier molecular flexibility index (Phi) is 1.84. The number of fused-ring (bicyclic) bond motifs is 2. The van der Waals surface area contributed by atoms with Crippen LogP contribution in [0.25, 0.3) is 17.1 Å². The highest BCUT2D eigenvalue weighted by Gasteiger charge is 2.23. The minimum Gasteiger partial charge on any atom is -0.318 e. The highest BCUT2D eigenvalue weighted by molar-refractivity contribution is 6.05. The van der Waals surface area contributed by atoms with Gasteiger partial charge in [-0.1, -0.05) is 18.2 Å². The van der Waals surface area contributed by atoms with Crippen LogP contribution in [0.1, 0.15) is 16.2 Å². The van der Waals surface area contributed by atoms with E-state index in [0.29, 0.717) is 11.4 Å². The van der Waals surface area contributed by atoms with Crippen molar-refractivity contribution >= 4 is 22.9 Å². The Hall–Kier alpha value is -2.07. The summed E-state index contributed by atoms with van der Waals surface area (Å²) in [5.74, 6) is -0.171. The van der Waals surface area contributed by atoms with Crippen LogP contribution in [0.2, 0.25) is 0 Å². The van der Waals surface area contributed by atoms with Crippen molar-refractivity contribution in [2.24, 2.45) is 5.73 Å². The molecule has 0 spiro atoms. The van der Waals surface area contributed by atoms with E-state index in [0.717, 1.165) is 11.0 Å². The lowest BCUT2D eigenvalue weighted by Gasteiger charge is -2.13. The maximum Gasteiger partial charge on any atom is 0.203 e. The minimum atomic E-state index is -0.594. The van der Waals surface area contributed by atoms with Crippen LogP contribution >= 0.6 is 0 Å². The average molecular weight is 211 g/mol. The zero-order chi connectivity index (χ0) is 11.1. The van der Waals surface area contributed by atoms with Crippen LogP contribution in [0.4, 0.5) is 0 Å².